The van der Waals surface area contributed by atoms with Crippen LogP contribution in [0.2, 0.25) is 0 Å². The molecular formula is C20H27N4O3+. The van der Waals surface area contributed by atoms with Crippen LogP contribution in [0, 0.1) is 13.8 Å². The number of carbonyl (C=O) groups excluding carboxylic acids is 2. The van der Waals surface area contributed by atoms with E-state index < -0.39 is 6.03 Å². The fourth-order valence-corrected chi connectivity index (χ4v) is 3.34. The first kappa shape index (κ1) is 19.0. The molecule has 0 bridgehead atoms. The van der Waals surface area contributed by atoms with Crippen molar-refractivity contribution in [1.29, 1.82) is 0 Å². The highest BCUT2D eigenvalue weighted by molar-refractivity contribution is 5.94. The van der Waals surface area contributed by atoms with Gasteiger partial charge < -0.3 is 19.5 Å². The molecule has 0 radical (unpaired) electrons. The highest BCUT2D eigenvalue weighted by Gasteiger charge is 2.24. The molecule has 1 aromatic carbocycles. The minimum Gasteiger partial charge on any atom is -0.467 e. The number of nitrogens with zero attached hydrogens (tertiary/aromatic N) is 1. The molecule has 1 aliphatic heterocycles. The monoisotopic (exact) mass is 371 g/mol. The molecule has 2 heterocycles. The van der Waals surface area contributed by atoms with Crippen molar-refractivity contribution in [3.63, 3.8) is 0 Å². The number of nitrogens with one attached hydrogen (secondary N) is 3. The van der Waals surface area contributed by atoms with Crippen molar-refractivity contribution in [1.82, 2.24) is 10.6 Å². The first-order valence-corrected chi connectivity index (χ1v) is 9.27. The van der Waals surface area contributed by atoms with Gasteiger partial charge >= 0.3 is 6.03 Å². The second kappa shape index (κ2) is 8.73. The van der Waals surface area contributed by atoms with E-state index in [1.165, 1.54) is 21.7 Å². The predicted octanol–water partition coefficient (Wildman–Crippen LogP) is 0.627. The molecule has 0 saturated carbocycles. The average Bonchev–Trinajstić information content (AvgIpc) is 3.17. The largest absolute Gasteiger partial charge is 0.467 e. The second-order valence-corrected chi connectivity index (χ2v) is 6.94. The van der Waals surface area contributed by atoms with E-state index in [1.807, 2.05) is 0 Å². The van der Waals surface area contributed by atoms with Crippen LogP contribution < -0.4 is 20.4 Å². The first-order chi connectivity index (χ1) is 13.0. The fraction of sp³-hybridized carbons (Fsp3) is 0.400. The van der Waals surface area contributed by atoms with Gasteiger partial charge in [0.2, 0.25) is 0 Å². The van der Waals surface area contributed by atoms with Gasteiger partial charge in [0.15, 0.2) is 6.54 Å². The van der Waals surface area contributed by atoms with E-state index in [9.17, 15) is 9.59 Å². The van der Waals surface area contributed by atoms with Gasteiger partial charge in [0, 0.05) is 5.69 Å². The molecule has 27 heavy (non-hydrogen) atoms. The van der Waals surface area contributed by atoms with Crippen molar-refractivity contribution in [2.75, 3.05) is 37.6 Å². The maximum absolute atomic E-state index is 12.1. The number of aryl methyl sites for hydroxylation is 1. The Morgan fingerprint density at radius 2 is 1.93 bits per heavy atom. The smallest absolute Gasteiger partial charge is 0.321 e. The zero-order valence-electron chi connectivity index (χ0n) is 15.9. The van der Waals surface area contributed by atoms with Gasteiger partial charge in [0.05, 0.1) is 39.0 Å². The predicted molar refractivity (Wildman–Crippen MR) is 103 cm³/mol. The minimum absolute atomic E-state index is 0.257. The molecule has 0 spiro atoms. The van der Waals surface area contributed by atoms with Gasteiger partial charge in [-0.05, 0) is 43.2 Å². The molecule has 1 saturated heterocycles. The third kappa shape index (κ3) is 5.10. The number of carbonyl (C=O) groups is 2. The Morgan fingerprint density at radius 3 is 2.63 bits per heavy atom. The average molecular weight is 371 g/mol. The highest BCUT2D eigenvalue weighted by atomic mass is 16.3. The summed E-state index contributed by atoms with van der Waals surface area (Å²) < 4.78 is 5.14. The molecule has 1 aliphatic rings. The van der Waals surface area contributed by atoms with Gasteiger partial charge in [-0.15, -0.1) is 0 Å². The van der Waals surface area contributed by atoms with E-state index in [2.05, 4.69) is 47.6 Å². The lowest BCUT2D eigenvalue weighted by molar-refractivity contribution is -0.892. The Labute approximate surface area is 159 Å². The van der Waals surface area contributed by atoms with Crippen molar-refractivity contribution in [2.45, 2.75) is 20.4 Å². The number of anilines is 1. The SMILES string of the molecule is Cc1cccc(N2CC[NH+](CC(=O)NC(=O)NCc3ccco3)CC2)c1C. The van der Waals surface area contributed by atoms with Crippen LogP contribution in [0.15, 0.2) is 41.0 Å². The molecular weight excluding hydrogens is 344 g/mol. The van der Waals surface area contributed by atoms with Crippen LogP contribution in [0.4, 0.5) is 10.5 Å². The summed E-state index contributed by atoms with van der Waals surface area (Å²) >= 11 is 0. The lowest BCUT2D eigenvalue weighted by atomic mass is 10.1. The van der Waals surface area contributed by atoms with Crippen LogP contribution in [0.5, 0.6) is 0 Å². The number of hydrogen-bond donors (Lipinski definition) is 3. The summed E-state index contributed by atoms with van der Waals surface area (Å²) in [6.07, 6.45) is 1.54. The van der Waals surface area contributed by atoms with Crippen LogP contribution in [0.1, 0.15) is 16.9 Å². The number of quaternary nitrogens is 1. The molecule has 0 unspecified atom stereocenters. The third-order valence-corrected chi connectivity index (χ3v) is 5.05. The van der Waals surface area contributed by atoms with Gasteiger partial charge in [-0.2, -0.15) is 0 Å². The van der Waals surface area contributed by atoms with Crippen molar-refractivity contribution >= 4 is 17.6 Å². The number of hydrogen-bond acceptors (Lipinski definition) is 4. The van der Waals surface area contributed by atoms with Crippen molar-refractivity contribution in [3.05, 3.63) is 53.5 Å². The molecule has 3 amide bonds. The van der Waals surface area contributed by atoms with Gasteiger partial charge in [-0.3, -0.25) is 10.1 Å². The van der Waals surface area contributed by atoms with E-state index in [0.29, 0.717) is 12.3 Å². The summed E-state index contributed by atoms with van der Waals surface area (Å²) in [5.41, 5.74) is 3.88. The number of amides is 3. The number of imide groups is 1. The van der Waals surface area contributed by atoms with Crippen LogP contribution in [0.25, 0.3) is 0 Å². The van der Waals surface area contributed by atoms with E-state index in [4.69, 9.17) is 4.42 Å². The summed E-state index contributed by atoms with van der Waals surface area (Å²) in [5.74, 6) is 0.382. The topological polar surface area (TPSA) is 79.0 Å². The van der Waals surface area contributed by atoms with Crippen LogP contribution >= 0.6 is 0 Å². The molecule has 3 N–H and O–H groups in total. The summed E-state index contributed by atoms with van der Waals surface area (Å²) in [7, 11) is 0. The molecule has 7 heteroatoms. The van der Waals surface area contributed by atoms with Crippen LogP contribution in [0.3, 0.4) is 0 Å². The lowest BCUT2D eigenvalue weighted by Crippen LogP contribution is -3.16. The van der Waals surface area contributed by atoms with E-state index in [-0.39, 0.29) is 12.5 Å². The summed E-state index contributed by atoms with van der Waals surface area (Å²) in [5, 5.41) is 5.00. The summed E-state index contributed by atoms with van der Waals surface area (Å²) in [6.45, 7) is 8.38. The van der Waals surface area contributed by atoms with Gasteiger partial charge in [-0.25, -0.2) is 4.79 Å². The lowest BCUT2D eigenvalue weighted by Gasteiger charge is -2.34. The molecule has 3 rings (SSSR count). The number of rotatable bonds is 5. The molecule has 0 aliphatic carbocycles. The normalized spacial score (nSPS) is 14.8. The van der Waals surface area contributed by atoms with Crippen molar-refractivity contribution < 1.29 is 18.9 Å². The van der Waals surface area contributed by atoms with Crippen LogP contribution in [-0.2, 0) is 11.3 Å². The molecule has 2 aromatic rings. The summed E-state index contributed by atoms with van der Waals surface area (Å²) in [6, 6.07) is 9.39. The Kier molecular flexibility index (Phi) is 6.13. The molecule has 144 valence electrons. The first-order valence-electron chi connectivity index (χ1n) is 9.27. The standard InChI is InChI=1S/C20H26N4O3/c1-15-5-3-7-18(16(15)2)24-10-8-23(9-11-24)14-19(25)22-20(26)21-13-17-6-4-12-27-17/h3-7,12H,8-11,13-14H2,1-2H3,(H2,21,22,25,26)/p+1. The van der Waals surface area contributed by atoms with Crippen molar-refractivity contribution in [3.8, 4) is 0 Å². The van der Waals surface area contributed by atoms with Crippen molar-refractivity contribution in [2.24, 2.45) is 0 Å². The maximum Gasteiger partial charge on any atom is 0.321 e. The Morgan fingerprint density at radius 1 is 1.15 bits per heavy atom. The van der Waals surface area contributed by atoms with Gasteiger partial charge in [-0.1, -0.05) is 12.1 Å². The molecule has 0 atom stereocenters. The Balaban J connectivity index is 1.41. The summed E-state index contributed by atoms with van der Waals surface area (Å²) in [4.78, 5) is 27.5. The Hall–Kier alpha value is -2.80. The van der Waals surface area contributed by atoms with E-state index >= 15 is 0 Å². The third-order valence-electron chi connectivity index (χ3n) is 5.05. The molecule has 1 fully saturated rings. The number of piperazine rings is 1. The number of benzene rings is 1. The van der Waals surface area contributed by atoms with E-state index in [0.717, 1.165) is 26.2 Å². The fourth-order valence-electron chi connectivity index (χ4n) is 3.34. The molecule has 1 aromatic heterocycles. The van der Waals surface area contributed by atoms with Gasteiger partial charge in [0.25, 0.3) is 5.91 Å². The zero-order valence-corrected chi connectivity index (χ0v) is 15.9. The number of urea groups is 1. The van der Waals surface area contributed by atoms with Gasteiger partial charge in [0.1, 0.15) is 5.76 Å². The minimum atomic E-state index is -0.496. The van der Waals surface area contributed by atoms with E-state index in [1.54, 1.807) is 18.4 Å². The Bertz CT molecular complexity index is 781. The highest BCUT2D eigenvalue weighted by Crippen LogP contribution is 2.22. The van der Waals surface area contributed by atoms with Crippen LogP contribution in [-0.4, -0.2) is 44.7 Å². The maximum atomic E-state index is 12.1. The second-order valence-electron chi connectivity index (χ2n) is 6.94. The zero-order chi connectivity index (χ0) is 19.2. The quantitative estimate of drug-likeness (QED) is 0.720. The number of furan rings is 1. The molecule has 7 nitrogen and oxygen atoms in total.